The number of methoxy groups -OCH3 is 1. The molecule has 0 unspecified atom stereocenters. The molecule has 0 aromatic heterocycles. The van der Waals surface area contributed by atoms with E-state index < -0.39 is 13.3 Å². The Morgan fingerprint density at radius 1 is 1.21 bits per heavy atom. The van der Waals surface area contributed by atoms with Crippen LogP contribution < -0.4 is 0 Å². The van der Waals surface area contributed by atoms with Crippen molar-refractivity contribution in [2.45, 2.75) is 51.2 Å². The first kappa shape index (κ1) is 16.4. The van der Waals surface area contributed by atoms with Gasteiger partial charge < -0.3 is 9.84 Å². The minimum absolute atomic E-state index is 0.0482. The van der Waals surface area contributed by atoms with Crippen molar-refractivity contribution in [2.24, 2.45) is 5.92 Å². The Bertz CT molecular complexity index is 381. The van der Waals surface area contributed by atoms with E-state index in [0.717, 1.165) is 12.0 Å². The zero-order valence-electron chi connectivity index (χ0n) is 13.1. The fraction of sp³-hybridized carbons (Fsp3) is 0.625. The van der Waals surface area contributed by atoms with E-state index in [0.29, 0.717) is 0 Å². The van der Waals surface area contributed by atoms with Crippen molar-refractivity contribution < 1.29 is 9.84 Å². The molecule has 1 N–H and O–H groups in total. The van der Waals surface area contributed by atoms with Crippen LogP contribution in [0.25, 0.3) is 0 Å². The maximum Gasteiger partial charge on any atom is 0.0873 e. The summed E-state index contributed by atoms with van der Waals surface area (Å²) in [4.78, 5) is 0. The standard InChI is InChI=1S/C16H28O2Si/c1-7-14(16(2,17)19(4,5)6)15(18-3)13-11-9-8-10-12-13/h8-12,14-15,17H,7H2,1-6H3/t14-,15-,16-/m0/s1. The fourth-order valence-corrected chi connectivity index (χ4v) is 4.11. The van der Waals surface area contributed by atoms with E-state index in [2.05, 4.69) is 38.7 Å². The van der Waals surface area contributed by atoms with Gasteiger partial charge in [-0.3, -0.25) is 0 Å². The van der Waals surface area contributed by atoms with Crippen molar-refractivity contribution >= 4 is 8.07 Å². The Labute approximate surface area is 118 Å². The third kappa shape index (κ3) is 3.47. The molecule has 0 saturated carbocycles. The van der Waals surface area contributed by atoms with Crippen molar-refractivity contribution in [1.29, 1.82) is 0 Å². The van der Waals surface area contributed by atoms with Gasteiger partial charge in [0.1, 0.15) is 0 Å². The largest absolute Gasteiger partial charge is 0.393 e. The topological polar surface area (TPSA) is 29.5 Å². The highest BCUT2D eigenvalue weighted by Crippen LogP contribution is 2.40. The van der Waals surface area contributed by atoms with Crippen LogP contribution in [0.4, 0.5) is 0 Å². The molecule has 0 aliphatic rings. The molecule has 0 radical (unpaired) electrons. The summed E-state index contributed by atoms with van der Waals surface area (Å²) in [6, 6.07) is 10.2. The first-order chi connectivity index (χ1) is 8.75. The Kier molecular flexibility index (Phi) is 5.36. The summed E-state index contributed by atoms with van der Waals surface area (Å²) in [5, 5.41) is 10.4. The first-order valence-corrected chi connectivity index (χ1v) is 10.6. The monoisotopic (exact) mass is 280 g/mol. The van der Waals surface area contributed by atoms with Gasteiger partial charge in [-0.05, 0) is 18.9 Å². The van der Waals surface area contributed by atoms with Crippen molar-refractivity contribution in [3.8, 4) is 0 Å². The minimum Gasteiger partial charge on any atom is -0.393 e. The number of hydrogen-bond acceptors (Lipinski definition) is 2. The molecular formula is C16H28O2Si. The van der Waals surface area contributed by atoms with Crippen LogP contribution in [-0.4, -0.2) is 25.5 Å². The van der Waals surface area contributed by atoms with Gasteiger partial charge in [0.15, 0.2) is 0 Å². The summed E-state index contributed by atoms with van der Waals surface area (Å²) in [6.45, 7) is 10.8. The number of aliphatic hydroxyl groups is 1. The van der Waals surface area contributed by atoms with Crippen LogP contribution in [0.3, 0.4) is 0 Å². The van der Waals surface area contributed by atoms with Gasteiger partial charge in [-0.1, -0.05) is 56.9 Å². The van der Waals surface area contributed by atoms with Crippen molar-refractivity contribution in [3.63, 3.8) is 0 Å². The quantitative estimate of drug-likeness (QED) is 0.797. The van der Waals surface area contributed by atoms with E-state index >= 15 is 0 Å². The lowest BCUT2D eigenvalue weighted by molar-refractivity contribution is -0.0369. The average Bonchev–Trinajstić information content (AvgIpc) is 2.35. The van der Waals surface area contributed by atoms with Crippen LogP contribution in [-0.2, 0) is 4.74 Å². The second kappa shape index (κ2) is 6.20. The predicted octanol–water partition coefficient (Wildman–Crippen LogP) is 4.03. The Morgan fingerprint density at radius 2 is 1.74 bits per heavy atom. The molecule has 3 atom stereocenters. The third-order valence-electron chi connectivity index (χ3n) is 4.43. The van der Waals surface area contributed by atoms with Gasteiger partial charge in [-0.25, -0.2) is 0 Å². The second-order valence-electron chi connectivity index (χ2n) is 6.48. The Morgan fingerprint density at radius 3 is 2.11 bits per heavy atom. The number of benzene rings is 1. The molecular weight excluding hydrogens is 252 g/mol. The summed E-state index contributed by atoms with van der Waals surface area (Å²) < 4.78 is 5.73. The molecule has 0 saturated heterocycles. The van der Waals surface area contributed by atoms with Crippen LogP contribution in [0.2, 0.25) is 19.6 Å². The zero-order valence-corrected chi connectivity index (χ0v) is 14.1. The molecule has 0 bridgehead atoms. The lowest BCUT2D eigenvalue weighted by Crippen LogP contribution is -2.56. The van der Waals surface area contributed by atoms with Gasteiger partial charge in [0, 0.05) is 13.0 Å². The van der Waals surface area contributed by atoms with Gasteiger partial charge in [-0.2, -0.15) is 0 Å². The maximum absolute atomic E-state index is 11.1. The van der Waals surface area contributed by atoms with Gasteiger partial charge in [-0.15, -0.1) is 0 Å². The molecule has 3 heteroatoms. The summed E-state index contributed by atoms with van der Waals surface area (Å²) in [5.74, 6) is 0.117. The Balaban J connectivity index is 3.14. The number of rotatable bonds is 6. The van der Waals surface area contributed by atoms with Crippen LogP contribution in [0.5, 0.6) is 0 Å². The van der Waals surface area contributed by atoms with Crippen molar-refractivity contribution in [2.75, 3.05) is 7.11 Å². The van der Waals surface area contributed by atoms with Gasteiger partial charge >= 0.3 is 0 Å². The zero-order chi connectivity index (χ0) is 14.7. The second-order valence-corrected chi connectivity index (χ2v) is 12.0. The van der Waals surface area contributed by atoms with Gasteiger partial charge in [0.2, 0.25) is 0 Å². The molecule has 0 aliphatic heterocycles. The normalized spacial score (nSPS) is 18.7. The van der Waals surface area contributed by atoms with Gasteiger partial charge in [0.05, 0.1) is 19.4 Å². The molecule has 1 rings (SSSR count). The molecule has 0 amide bonds. The minimum atomic E-state index is -1.71. The Hall–Kier alpha value is -0.643. The maximum atomic E-state index is 11.1. The van der Waals surface area contributed by atoms with Crippen LogP contribution in [0.15, 0.2) is 30.3 Å². The molecule has 108 valence electrons. The van der Waals surface area contributed by atoms with E-state index in [1.54, 1.807) is 7.11 Å². The van der Waals surface area contributed by atoms with E-state index in [4.69, 9.17) is 4.74 Å². The summed E-state index contributed by atoms with van der Waals surface area (Å²) in [5.41, 5.74) is 1.15. The summed E-state index contributed by atoms with van der Waals surface area (Å²) >= 11 is 0. The van der Waals surface area contributed by atoms with E-state index in [1.807, 2.05) is 25.1 Å². The van der Waals surface area contributed by atoms with Crippen molar-refractivity contribution in [1.82, 2.24) is 0 Å². The number of hydrogen-bond donors (Lipinski definition) is 1. The highest BCUT2D eigenvalue weighted by Gasteiger charge is 2.46. The van der Waals surface area contributed by atoms with Gasteiger partial charge in [0.25, 0.3) is 0 Å². The molecule has 2 nitrogen and oxygen atoms in total. The lowest BCUT2D eigenvalue weighted by atomic mass is 9.88. The molecule has 0 fully saturated rings. The SMILES string of the molecule is CC[C@@H]([C@@H](OC)c1ccccc1)[C@@](C)(O)[Si](C)(C)C. The van der Waals surface area contributed by atoms with E-state index in [1.165, 1.54) is 0 Å². The van der Waals surface area contributed by atoms with Crippen LogP contribution in [0.1, 0.15) is 31.9 Å². The van der Waals surface area contributed by atoms with E-state index in [9.17, 15) is 5.11 Å². The molecule has 0 spiro atoms. The molecule has 1 aromatic carbocycles. The van der Waals surface area contributed by atoms with E-state index in [-0.39, 0.29) is 12.0 Å². The third-order valence-corrected chi connectivity index (χ3v) is 7.84. The summed E-state index contributed by atoms with van der Waals surface area (Å²) in [6.07, 6.45) is 0.859. The lowest BCUT2D eigenvalue weighted by Gasteiger charge is -2.45. The van der Waals surface area contributed by atoms with Crippen LogP contribution >= 0.6 is 0 Å². The van der Waals surface area contributed by atoms with Crippen molar-refractivity contribution in [3.05, 3.63) is 35.9 Å². The number of ether oxygens (including phenoxy) is 1. The molecule has 0 aliphatic carbocycles. The first-order valence-electron chi connectivity index (χ1n) is 7.05. The summed E-state index contributed by atoms with van der Waals surface area (Å²) in [7, 11) is 0.0315. The fourth-order valence-electron chi connectivity index (χ4n) is 2.64. The molecule has 0 heterocycles. The molecule has 19 heavy (non-hydrogen) atoms. The molecule has 1 aromatic rings. The smallest absolute Gasteiger partial charge is 0.0873 e. The predicted molar refractivity (Wildman–Crippen MR) is 83.9 cm³/mol. The highest BCUT2D eigenvalue weighted by molar-refractivity contribution is 6.78. The highest BCUT2D eigenvalue weighted by atomic mass is 28.3. The average molecular weight is 280 g/mol. The van der Waals surface area contributed by atoms with Crippen LogP contribution in [0, 0.1) is 5.92 Å².